The van der Waals surface area contributed by atoms with E-state index in [1.807, 2.05) is 48.4 Å². The smallest absolute Gasteiger partial charge is 0.124 e. The zero-order valence-corrected chi connectivity index (χ0v) is 11.1. The molecule has 0 aliphatic heterocycles. The molecule has 98 valence electrons. The SMILES string of the molecule is CC(NCc1cnn(C)c1)c1nc2ccccc2[nH]1. The molecular formula is C14H17N5. The molecule has 0 bridgehead atoms. The summed E-state index contributed by atoms with van der Waals surface area (Å²) in [6, 6.07) is 8.24. The molecule has 5 heteroatoms. The molecule has 0 saturated carbocycles. The second kappa shape index (κ2) is 4.85. The monoisotopic (exact) mass is 255 g/mol. The summed E-state index contributed by atoms with van der Waals surface area (Å²) in [4.78, 5) is 7.93. The normalized spacial score (nSPS) is 12.9. The number of rotatable bonds is 4. The Kier molecular flexibility index (Phi) is 3.05. The molecule has 2 aromatic heterocycles. The van der Waals surface area contributed by atoms with Crippen LogP contribution in [0.25, 0.3) is 11.0 Å². The zero-order chi connectivity index (χ0) is 13.2. The van der Waals surface area contributed by atoms with Gasteiger partial charge in [0.15, 0.2) is 0 Å². The van der Waals surface area contributed by atoms with E-state index in [1.165, 1.54) is 5.56 Å². The van der Waals surface area contributed by atoms with Crippen LogP contribution in [0, 0.1) is 0 Å². The lowest BCUT2D eigenvalue weighted by molar-refractivity contribution is 0.552. The van der Waals surface area contributed by atoms with Crippen LogP contribution in [-0.4, -0.2) is 19.7 Å². The topological polar surface area (TPSA) is 58.5 Å². The summed E-state index contributed by atoms with van der Waals surface area (Å²) in [5.41, 5.74) is 3.26. The van der Waals surface area contributed by atoms with Gasteiger partial charge in [-0.25, -0.2) is 4.98 Å². The number of nitrogens with zero attached hydrogens (tertiary/aromatic N) is 3. The van der Waals surface area contributed by atoms with Gasteiger partial charge in [-0.1, -0.05) is 12.1 Å². The summed E-state index contributed by atoms with van der Waals surface area (Å²) in [5.74, 6) is 0.963. The van der Waals surface area contributed by atoms with E-state index in [0.717, 1.165) is 23.4 Å². The van der Waals surface area contributed by atoms with E-state index in [4.69, 9.17) is 0 Å². The van der Waals surface area contributed by atoms with E-state index < -0.39 is 0 Å². The summed E-state index contributed by atoms with van der Waals surface area (Å²) in [5, 5.41) is 7.60. The molecule has 3 rings (SSSR count). The fourth-order valence-corrected chi connectivity index (χ4v) is 2.11. The molecule has 0 aliphatic carbocycles. The molecule has 5 nitrogen and oxygen atoms in total. The van der Waals surface area contributed by atoms with Crippen molar-refractivity contribution in [2.45, 2.75) is 19.5 Å². The first-order valence-corrected chi connectivity index (χ1v) is 6.38. The van der Waals surface area contributed by atoms with Crippen molar-refractivity contribution in [3.05, 3.63) is 48.0 Å². The Balaban J connectivity index is 1.71. The van der Waals surface area contributed by atoms with Crippen molar-refractivity contribution < 1.29 is 0 Å². The maximum Gasteiger partial charge on any atom is 0.124 e. The van der Waals surface area contributed by atoms with Crippen molar-refractivity contribution in [1.82, 2.24) is 25.1 Å². The van der Waals surface area contributed by atoms with Crippen LogP contribution in [0.2, 0.25) is 0 Å². The van der Waals surface area contributed by atoms with E-state index in [2.05, 4.69) is 27.3 Å². The number of H-pyrrole nitrogens is 1. The highest BCUT2D eigenvalue weighted by atomic mass is 15.2. The molecule has 0 amide bonds. The highest BCUT2D eigenvalue weighted by Gasteiger charge is 2.10. The van der Waals surface area contributed by atoms with Crippen molar-refractivity contribution in [3.63, 3.8) is 0 Å². The van der Waals surface area contributed by atoms with E-state index >= 15 is 0 Å². The summed E-state index contributed by atoms with van der Waals surface area (Å²) >= 11 is 0. The molecule has 0 aliphatic rings. The molecule has 2 heterocycles. The summed E-state index contributed by atoms with van der Waals surface area (Å²) in [6.45, 7) is 2.89. The minimum absolute atomic E-state index is 0.174. The lowest BCUT2D eigenvalue weighted by atomic mass is 10.3. The van der Waals surface area contributed by atoms with E-state index in [9.17, 15) is 0 Å². The predicted octanol–water partition coefficient (Wildman–Crippen LogP) is 2.15. The summed E-state index contributed by atoms with van der Waals surface area (Å²) in [6.07, 6.45) is 3.89. The molecule has 0 spiro atoms. The minimum Gasteiger partial charge on any atom is -0.341 e. The number of fused-ring (bicyclic) bond motifs is 1. The largest absolute Gasteiger partial charge is 0.341 e. The van der Waals surface area contributed by atoms with Crippen LogP contribution in [0.4, 0.5) is 0 Å². The summed E-state index contributed by atoms with van der Waals surface area (Å²) in [7, 11) is 1.92. The number of para-hydroxylation sites is 2. The van der Waals surface area contributed by atoms with Gasteiger partial charge in [-0.3, -0.25) is 4.68 Å². The molecule has 0 radical (unpaired) electrons. The van der Waals surface area contributed by atoms with Gasteiger partial charge in [0, 0.05) is 25.4 Å². The second-order valence-electron chi connectivity index (χ2n) is 4.76. The average Bonchev–Trinajstić information content (AvgIpc) is 3.01. The van der Waals surface area contributed by atoms with Gasteiger partial charge < -0.3 is 10.3 Å². The number of hydrogen-bond acceptors (Lipinski definition) is 3. The van der Waals surface area contributed by atoms with E-state index in [0.29, 0.717) is 0 Å². The van der Waals surface area contributed by atoms with Gasteiger partial charge in [0.2, 0.25) is 0 Å². The van der Waals surface area contributed by atoms with Crippen molar-refractivity contribution in [2.75, 3.05) is 0 Å². The van der Waals surface area contributed by atoms with Gasteiger partial charge in [0.1, 0.15) is 5.82 Å². The lowest BCUT2D eigenvalue weighted by Gasteiger charge is -2.09. The van der Waals surface area contributed by atoms with Crippen molar-refractivity contribution in [1.29, 1.82) is 0 Å². The number of benzene rings is 1. The summed E-state index contributed by atoms with van der Waals surface area (Å²) < 4.78 is 1.81. The maximum atomic E-state index is 4.59. The van der Waals surface area contributed by atoms with Crippen LogP contribution in [-0.2, 0) is 13.6 Å². The number of nitrogens with one attached hydrogen (secondary N) is 2. The van der Waals surface area contributed by atoms with E-state index in [1.54, 1.807) is 0 Å². The molecule has 1 aromatic carbocycles. The van der Waals surface area contributed by atoms with Crippen LogP contribution >= 0.6 is 0 Å². The minimum atomic E-state index is 0.174. The fourth-order valence-electron chi connectivity index (χ4n) is 2.11. The van der Waals surface area contributed by atoms with Crippen LogP contribution in [0.15, 0.2) is 36.7 Å². The lowest BCUT2D eigenvalue weighted by Crippen LogP contribution is -2.18. The third-order valence-electron chi connectivity index (χ3n) is 3.19. The van der Waals surface area contributed by atoms with Crippen molar-refractivity contribution in [2.24, 2.45) is 7.05 Å². The molecule has 1 atom stereocenters. The maximum absolute atomic E-state index is 4.59. The van der Waals surface area contributed by atoms with Crippen LogP contribution in [0.1, 0.15) is 24.4 Å². The second-order valence-corrected chi connectivity index (χ2v) is 4.76. The van der Waals surface area contributed by atoms with Crippen LogP contribution in [0.3, 0.4) is 0 Å². The standard InChI is InChI=1S/C14H17N5/c1-10(15-7-11-8-16-19(2)9-11)14-17-12-5-3-4-6-13(12)18-14/h3-6,8-10,15H,7H2,1-2H3,(H,17,18). The first-order chi connectivity index (χ1) is 9.22. The van der Waals surface area contributed by atoms with Crippen molar-refractivity contribution in [3.8, 4) is 0 Å². The Hall–Kier alpha value is -2.14. The number of hydrogen-bond donors (Lipinski definition) is 2. The quantitative estimate of drug-likeness (QED) is 0.751. The number of imidazole rings is 1. The fraction of sp³-hybridized carbons (Fsp3) is 0.286. The van der Waals surface area contributed by atoms with Gasteiger partial charge in [0.05, 0.1) is 23.3 Å². The number of aromatic nitrogens is 4. The van der Waals surface area contributed by atoms with Crippen LogP contribution < -0.4 is 5.32 Å². The highest BCUT2D eigenvalue weighted by Crippen LogP contribution is 2.15. The zero-order valence-electron chi connectivity index (χ0n) is 11.1. The molecule has 0 fully saturated rings. The Labute approximate surface area is 111 Å². The van der Waals surface area contributed by atoms with Gasteiger partial charge >= 0.3 is 0 Å². The Morgan fingerprint density at radius 1 is 1.37 bits per heavy atom. The van der Waals surface area contributed by atoms with Gasteiger partial charge in [0.25, 0.3) is 0 Å². The van der Waals surface area contributed by atoms with Gasteiger partial charge in [-0.05, 0) is 19.1 Å². The number of aryl methyl sites for hydroxylation is 1. The highest BCUT2D eigenvalue weighted by molar-refractivity contribution is 5.74. The average molecular weight is 255 g/mol. The Bertz CT molecular complexity index is 649. The Morgan fingerprint density at radius 3 is 2.95 bits per heavy atom. The Morgan fingerprint density at radius 2 is 2.21 bits per heavy atom. The van der Waals surface area contributed by atoms with Crippen molar-refractivity contribution >= 4 is 11.0 Å². The van der Waals surface area contributed by atoms with Gasteiger partial charge in [-0.2, -0.15) is 5.10 Å². The first-order valence-electron chi connectivity index (χ1n) is 6.38. The van der Waals surface area contributed by atoms with E-state index in [-0.39, 0.29) is 6.04 Å². The van der Waals surface area contributed by atoms with Crippen LogP contribution in [0.5, 0.6) is 0 Å². The number of aromatic amines is 1. The first kappa shape index (κ1) is 11.9. The molecule has 1 unspecified atom stereocenters. The molecule has 0 saturated heterocycles. The molecule has 3 aromatic rings. The molecular weight excluding hydrogens is 238 g/mol. The third-order valence-corrected chi connectivity index (χ3v) is 3.19. The molecule has 2 N–H and O–H groups in total. The molecule has 19 heavy (non-hydrogen) atoms. The van der Waals surface area contributed by atoms with Gasteiger partial charge in [-0.15, -0.1) is 0 Å². The predicted molar refractivity (Wildman–Crippen MR) is 74.6 cm³/mol. The third kappa shape index (κ3) is 2.51.